The van der Waals surface area contributed by atoms with Crippen molar-refractivity contribution < 1.29 is 5.11 Å². The summed E-state index contributed by atoms with van der Waals surface area (Å²) in [7, 11) is 0. The third-order valence-electron chi connectivity index (χ3n) is 3.11. The van der Waals surface area contributed by atoms with Gasteiger partial charge in [-0.05, 0) is 48.0 Å². The van der Waals surface area contributed by atoms with Crippen LogP contribution in [0.5, 0.6) is 5.75 Å². The Morgan fingerprint density at radius 3 is 2.43 bits per heavy atom. The summed E-state index contributed by atoms with van der Waals surface area (Å²) in [5, 5.41) is 9.31. The number of nitrogens with zero attached hydrogens (tertiary/aromatic N) is 1. The highest BCUT2D eigenvalue weighted by molar-refractivity contribution is 9.10. The summed E-state index contributed by atoms with van der Waals surface area (Å²) in [5.74, 6) is 0.281. The van der Waals surface area contributed by atoms with Crippen molar-refractivity contribution >= 4 is 56.0 Å². The largest absolute Gasteiger partial charge is 0.508 e. The second kappa shape index (κ2) is 6.22. The standard InChI is InChI=1S/C16H12BrNOS2/c17-12-3-5-13(6-4-12)18-10-15(21-16(18)20)9-11-1-7-14(19)8-2-11/h1-9,19H,10H2. The van der Waals surface area contributed by atoms with Crippen molar-refractivity contribution in [1.29, 1.82) is 0 Å². The summed E-state index contributed by atoms with van der Waals surface area (Å²) in [6, 6.07) is 15.3. The summed E-state index contributed by atoms with van der Waals surface area (Å²) in [6.45, 7) is 0.784. The van der Waals surface area contributed by atoms with Gasteiger partial charge in [-0.1, -0.05) is 52.0 Å². The van der Waals surface area contributed by atoms with Gasteiger partial charge in [0.15, 0.2) is 0 Å². The molecule has 0 atom stereocenters. The Morgan fingerprint density at radius 2 is 1.76 bits per heavy atom. The second-order valence-corrected chi connectivity index (χ2v) is 7.31. The van der Waals surface area contributed by atoms with E-state index in [0.717, 1.165) is 26.6 Å². The van der Waals surface area contributed by atoms with Gasteiger partial charge in [0.25, 0.3) is 0 Å². The molecule has 1 aliphatic rings. The molecular formula is C16H12BrNOS2. The molecule has 2 nitrogen and oxygen atoms in total. The summed E-state index contributed by atoms with van der Waals surface area (Å²) in [4.78, 5) is 3.33. The van der Waals surface area contributed by atoms with Crippen LogP contribution in [-0.2, 0) is 0 Å². The molecule has 0 saturated carbocycles. The molecular weight excluding hydrogens is 366 g/mol. The molecule has 0 spiro atoms. The summed E-state index contributed by atoms with van der Waals surface area (Å²) < 4.78 is 1.92. The zero-order valence-corrected chi connectivity index (χ0v) is 14.2. The highest BCUT2D eigenvalue weighted by Crippen LogP contribution is 2.35. The van der Waals surface area contributed by atoms with Crippen LogP contribution in [0.15, 0.2) is 57.9 Å². The van der Waals surface area contributed by atoms with Gasteiger partial charge in [-0.3, -0.25) is 0 Å². The van der Waals surface area contributed by atoms with Crippen LogP contribution < -0.4 is 4.90 Å². The molecule has 1 heterocycles. The van der Waals surface area contributed by atoms with E-state index in [0.29, 0.717) is 0 Å². The third kappa shape index (κ3) is 3.48. The van der Waals surface area contributed by atoms with Crippen molar-refractivity contribution in [3.63, 3.8) is 0 Å². The fraction of sp³-hybridized carbons (Fsp3) is 0.0625. The number of hydrogen-bond acceptors (Lipinski definition) is 3. The maximum absolute atomic E-state index is 9.31. The van der Waals surface area contributed by atoms with Crippen LogP contribution in [0.3, 0.4) is 0 Å². The van der Waals surface area contributed by atoms with Gasteiger partial charge in [-0.25, -0.2) is 0 Å². The molecule has 21 heavy (non-hydrogen) atoms. The molecule has 1 fully saturated rings. The topological polar surface area (TPSA) is 23.5 Å². The monoisotopic (exact) mass is 377 g/mol. The molecule has 0 aliphatic carbocycles. The van der Waals surface area contributed by atoms with Crippen LogP contribution in [0.2, 0.25) is 0 Å². The zero-order valence-electron chi connectivity index (χ0n) is 11.0. The fourth-order valence-electron chi connectivity index (χ4n) is 2.07. The van der Waals surface area contributed by atoms with E-state index < -0.39 is 0 Å². The molecule has 0 bridgehead atoms. The van der Waals surface area contributed by atoms with E-state index in [9.17, 15) is 5.11 Å². The maximum atomic E-state index is 9.31. The van der Waals surface area contributed by atoms with E-state index in [1.165, 1.54) is 4.91 Å². The minimum Gasteiger partial charge on any atom is -0.508 e. The van der Waals surface area contributed by atoms with Crippen LogP contribution in [-0.4, -0.2) is 16.0 Å². The SMILES string of the molecule is Oc1ccc(C=C2CN(c3ccc(Br)cc3)C(=S)S2)cc1. The summed E-state index contributed by atoms with van der Waals surface area (Å²) >= 11 is 10.5. The van der Waals surface area contributed by atoms with Crippen LogP contribution in [0.4, 0.5) is 5.69 Å². The van der Waals surface area contributed by atoms with Crippen molar-refractivity contribution in [1.82, 2.24) is 0 Å². The number of hydrogen-bond donors (Lipinski definition) is 1. The van der Waals surface area contributed by atoms with Gasteiger partial charge in [0.1, 0.15) is 10.1 Å². The van der Waals surface area contributed by atoms with Crippen molar-refractivity contribution in [2.75, 3.05) is 11.4 Å². The maximum Gasteiger partial charge on any atom is 0.145 e. The zero-order chi connectivity index (χ0) is 14.8. The number of thiocarbonyl (C=S) groups is 1. The average molecular weight is 378 g/mol. The smallest absolute Gasteiger partial charge is 0.145 e. The highest BCUT2D eigenvalue weighted by Gasteiger charge is 2.23. The van der Waals surface area contributed by atoms with Crippen LogP contribution in [0, 0.1) is 0 Å². The van der Waals surface area contributed by atoms with Crippen molar-refractivity contribution in [2.45, 2.75) is 0 Å². The molecule has 3 rings (SSSR count). The van der Waals surface area contributed by atoms with Gasteiger partial charge in [-0.15, -0.1) is 0 Å². The number of phenolic OH excluding ortho intramolecular Hbond substituents is 1. The van der Waals surface area contributed by atoms with E-state index in [-0.39, 0.29) is 5.75 Å². The van der Waals surface area contributed by atoms with Gasteiger partial charge >= 0.3 is 0 Å². The van der Waals surface area contributed by atoms with Gasteiger partial charge < -0.3 is 10.0 Å². The second-order valence-electron chi connectivity index (χ2n) is 4.63. The molecule has 0 aromatic heterocycles. The van der Waals surface area contributed by atoms with Crippen LogP contribution in [0.1, 0.15) is 5.56 Å². The number of rotatable bonds is 2. The van der Waals surface area contributed by atoms with E-state index >= 15 is 0 Å². The molecule has 5 heteroatoms. The summed E-state index contributed by atoms with van der Waals surface area (Å²) in [5.41, 5.74) is 2.17. The lowest BCUT2D eigenvalue weighted by Gasteiger charge is -2.16. The Kier molecular flexibility index (Phi) is 4.33. The van der Waals surface area contributed by atoms with Gasteiger partial charge in [-0.2, -0.15) is 0 Å². The molecule has 1 aliphatic heterocycles. The van der Waals surface area contributed by atoms with Crippen molar-refractivity contribution in [3.05, 3.63) is 63.5 Å². The first-order valence-corrected chi connectivity index (χ1v) is 8.38. The van der Waals surface area contributed by atoms with Crippen LogP contribution >= 0.6 is 39.9 Å². The number of halogens is 1. The lowest BCUT2D eigenvalue weighted by molar-refractivity contribution is 0.475. The fourth-order valence-corrected chi connectivity index (χ4v) is 3.72. The first kappa shape index (κ1) is 14.6. The lowest BCUT2D eigenvalue weighted by atomic mass is 10.2. The number of thioether (sulfide) groups is 1. The first-order chi connectivity index (χ1) is 10.1. The van der Waals surface area contributed by atoms with Crippen molar-refractivity contribution in [3.8, 4) is 5.75 Å². The normalized spacial score (nSPS) is 16.7. The molecule has 1 N–H and O–H groups in total. The van der Waals surface area contributed by atoms with E-state index in [2.05, 4.69) is 39.0 Å². The highest BCUT2D eigenvalue weighted by atomic mass is 79.9. The minimum absolute atomic E-state index is 0.281. The molecule has 1 saturated heterocycles. The molecule has 0 amide bonds. The molecule has 2 aromatic rings. The predicted octanol–water partition coefficient (Wildman–Crippen LogP) is 5.03. The van der Waals surface area contributed by atoms with Gasteiger partial charge in [0.05, 0.1) is 6.54 Å². The number of aromatic hydroxyl groups is 1. The molecule has 0 radical (unpaired) electrons. The Hall–Kier alpha value is -1.30. The molecule has 0 unspecified atom stereocenters. The van der Waals surface area contributed by atoms with Gasteiger partial charge in [0.2, 0.25) is 0 Å². The summed E-state index contributed by atoms with van der Waals surface area (Å²) in [6.07, 6.45) is 2.11. The Morgan fingerprint density at radius 1 is 1.10 bits per heavy atom. The number of benzene rings is 2. The number of phenols is 1. The number of anilines is 1. The molecule has 2 aromatic carbocycles. The van der Waals surface area contributed by atoms with Crippen LogP contribution in [0.25, 0.3) is 6.08 Å². The third-order valence-corrected chi connectivity index (χ3v) is 5.01. The van der Waals surface area contributed by atoms with E-state index in [1.54, 1.807) is 23.9 Å². The van der Waals surface area contributed by atoms with Crippen molar-refractivity contribution in [2.24, 2.45) is 0 Å². The Bertz CT molecular complexity index is 695. The Labute approximate surface area is 141 Å². The minimum atomic E-state index is 0.281. The lowest BCUT2D eigenvalue weighted by Crippen LogP contribution is -2.21. The van der Waals surface area contributed by atoms with Gasteiger partial charge in [0, 0.05) is 15.1 Å². The Balaban J connectivity index is 1.81. The van der Waals surface area contributed by atoms with E-state index in [4.69, 9.17) is 12.2 Å². The molecule has 106 valence electrons. The quantitative estimate of drug-likeness (QED) is 0.741. The first-order valence-electron chi connectivity index (χ1n) is 6.36. The van der Waals surface area contributed by atoms with E-state index in [1.807, 2.05) is 24.3 Å². The average Bonchev–Trinajstić information content (AvgIpc) is 2.83. The predicted molar refractivity (Wildman–Crippen MR) is 97.8 cm³/mol.